The van der Waals surface area contributed by atoms with Gasteiger partial charge in [-0.25, -0.2) is 4.98 Å². The highest BCUT2D eigenvalue weighted by Gasteiger charge is 2.41. The molecule has 18 heavy (non-hydrogen) atoms. The van der Waals surface area contributed by atoms with Crippen molar-refractivity contribution in [2.45, 2.75) is 13.3 Å². The van der Waals surface area contributed by atoms with E-state index in [9.17, 15) is 4.79 Å². The molecule has 0 bridgehead atoms. The van der Waals surface area contributed by atoms with Crippen LogP contribution in [0.4, 0.5) is 5.82 Å². The minimum absolute atomic E-state index is 0.0209. The largest absolute Gasteiger partial charge is 0.384 e. The fourth-order valence-corrected chi connectivity index (χ4v) is 2.26. The summed E-state index contributed by atoms with van der Waals surface area (Å²) in [6.07, 6.45) is 2.49. The number of carbonyl (C=O) groups excluding carboxylic acids is 1. The normalized spacial score (nSPS) is 23.0. The molecule has 0 spiro atoms. The van der Waals surface area contributed by atoms with Crippen LogP contribution in [0.25, 0.3) is 0 Å². The van der Waals surface area contributed by atoms with Gasteiger partial charge in [-0.1, -0.05) is 0 Å². The molecule has 0 radical (unpaired) electrons. The van der Waals surface area contributed by atoms with Gasteiger partial charge < -0.3 is 15.4 Å². The molecule has 0 aliphatic carbocycles. The second-order valence-corrected chi connectivity index (χ2v) is 4.81. The first-order chi connectivity index (χ1) is 8.66. The fourth-order valence-electron chi connectivity index (χ4n) is 2.26. The van der Waals surface area contributed by atoms with Crippen molar-refractivity contribution in [2.24, 2.45) is 5.41 Å². The van der Waals surface area contributed by atoms with Crippen LogP contribution in [0.5, 0.6) is 0 Å². The number of aromatic nitrogens is 1. The molecule has 0 saturated carbocycles. The Hall–Kier alpha value is -1.46. The predicted octanol–water partition coefficient (Wildman–Crippen LogP) is 0.955. The number of pyridine rings is 1. The van der Waals surface area contributed by atoms with Gasteiger partial charge >= 0.3 is 0 Å². The van der Waals surface area contributed by atoms with Crippen LogP contribution in [0.1, 0.15) is 12.0 Å². The second kappa shape index (κ2) is 5.46. The molecule has 1 aliphatic rings. The van der Waals surface area contributed by atoms with Crippen LogP contribution in [0, 0.1) is 12.3 Å². The van der Waals surface area contributed by atoms with E-state index in [0.717, 1.165) is 18.5 Å². The minimum Gasteiger partial charge on any atom is -0.384 e. The lowest BCUT2D eigenvalue weighted by atomic mass is 9.87. The summed E-state index contributed by atoms with van der Waals surface area (Å²) in [6.45, 7) is 3.90. The molecule has 1 aromatic rings. The van der Waals surface area contributed by atoms with E-state index in [-0.39, 0.29) is 5.91 Å². The summed E-state index contributed by atoms with van der Waals surface area (Å²) in [5, 5.41) is 6.10. The smallest absolute Gasteiger partial charge is 0.235 e. The molecule has 1 saturated heterocycles. The molecule has 1 aliphatic heterocycles. The molecule has 1 unspecified atom stereocenters. The zero-order valence-electron chi connectivity index (χ0n) is 10.8. The maximum Gasteiger partial charge on any atom is 0.235 e. The average Bonchev–Trinajstić information content (AvgIpc) is 2.79. The Labute approximate surface area is 107 Å². The topological polar surface area (TPSA) is 63.2 Å². The van der Waals surface area contributed by atoms with Crippen molar-refractivity contribution < 1.29 is 9.53 Å². The van der Waals surface area contributed by atoms with E-state index >= 15 is 0 Å². The number of hydrogen-bond donors (Lipinski definition) is 2. The molecule has 0 aromatic carbocycles. The van der Waals surface area contributed by atoms with Crippen LogP contribution in [0.3, 0.4) is 0 Å². The third-order valence-electron chi connectivity index (χ3n) is 3.30. The number of carbonyl (C=O) groups is 1. The third-order valence-corrected chi connectivity index (χ3v) is 3.30. The molecule has 1 amide bonds. The average molecular weight is 249 g/mol. The highest BCUT2D eigenvalue weighted by molar-refractivity contribution is 5.95. The number of rotatable bonds is 4. The maximum absolute atomic E-state index is 12.4. The van der Waals surface area contributed by atoms with E-state index < -0.39 is 5.41 Å². The summed E-state index contributed by atoms with van der Waals surface area (Å²) in [4.78, 5) is 16.5. The zero-order valence-corrected chi connectivity index (χ0v) is 10.8. The molecule has 2 rings (SSSR count). The Morgan fingerprint density at radius 3 is 3.11 bits per heavy atom. The Morgan fingerprint density at radius 2 is 2.50 bits per heavy atom. The quantitative estimate of drug-likeness (QED) is 0.834. The summed E-state index contributed by atoms with van der Waals surface area (Å²) in [5.41, 5.74) is 0.603. The predicted molar refractivity (Wildman–Crippen MR) is 69.4 cm³/mol. The minimum atomic E-state index is -0.472. The standard InChI is InChI=1S/C13H19N3O2/c1-10-3-5-15-11(7-10)16-12(17)13(9-18-2)4-6-14-8-13/h3,5,7,14H,4,6,8-9H2,1-2H3,(H,15,16,17). The van der Waals surface area contributed by atoms with Gasteiger partial charge in [0.15, 0.2) is 0 Å². The molecule has 5 nitrogen and oxygen atoms in total. The van der Waals surface area contributed by atoms with Crippen molar-refractivity contribution in [1.29, 1.82) is 0 Å². The van der Waals surface area contributed by atoms with Crippen molar-refractivity contribution in [3.8, 4) is 0 Å². The summed E-state index contributed by atoms with van der Waals surface area (Å²) >= 11 is 0. The van der Waals surface area contributed by atoms with E-state index in [1.807, 2.05) is 19.1 Å². The van der Waals surface area contributed by atoms with E-state index in [2.05, 4.69) is 15.6 Å². The van der Waals surface area contributed by atoms with Crippen molar-refractivity contribution in [3.63, 3.8) is 0 Å². The number of nitrogens with one attached hydrogen (secondary N) is 2. The molecular weight excluding hydrogens is 230 g/mol. The third kappa shape index (κ3) is 2.68. The molecule has 1 aromatic heterocycles. The fraction of sp³-hybridized carbons (Fsp3) is 0.538. The summed E-state index contributed by atoms with van der Waals surface area (Å²) in [5.74, 6) is 0.579. The number of methoxy groups -OCH3 is 1. The summed E-state index contributed by atoms with van der Waals surface area (Å²) < 4.78 is 5.19. The summed E-state index contributed by atoms with van der Waals surface area (Å²) in [7, 11) is 1.62. The number of aryl methyl sites for hydroxylation is 1. The first-order valence-electron chi connectivity index (χ1n) is 6.10. The van der Waals surface area contributed by atoms with Crippen molar-refractivity contribution in [1.82, 2.24) is 10.3 Å². The van der Waals surface area contributed by atoms with E-state index in [1.165, 1.54) is 0 Å². The Kier molecular flexibility index (Phi) is 3.93. The van der Waals surface area contributed by atoms with Crippen LogP contribution in [-0.2, 0) is 9.53 Å². The van der Waals surface area contributed by atoms with Crippen LogP contribution < -0.4 is 10.6 Å². The van der Waals surface area contributed by atoms with Gasteiger partial charge in [-0.3, -0.25) is 4.79 Å². The second-order valence-electron chi connectivity index (χ2n) is 4.81. The highest BCUT2D eigenvalue weighted by atomic mass is 16.5. The van der Waals surface area contributed by atoms with Gasteiger partial charge in [0.25, 0.3) is 0 Å². The lowest BCUT2D eigenvalue weighted by molar-refractivity contribution is -0.127. The van der Waals surface area contributed by atoms with Gasteiger partial charge in [-0.2, -0.15) is 0 Å². The van der Waals surface area contributed by atoms with Crippen LogP contribution >= 0.6 is 0 Å². The first kappa shape index (κ1) is 13.0. The first-order valence-corrected chi connectivity index (χ1v) is 6.10. The monoisotopic (exact) mass is 249 g/mol. The van der Waals surface area contributed by atoms with Crippen LogP contribution in [-0.4, -0.2) is 37.7 Å². The van der Waals surface area contributed by atoms with Crippen molar-refractivity contribution >= 4 is 11.7 Å². The number of ether oxygens (including phenoxy) is 1. The lowest BCUT2D eigenvalue weighted by Crippen LogP contribution is -2.42. The van der Waals surface area contributed by atoms with Crippen molar-refractivity contribution in [3.05, 3.63) is 23.9 Å². The number of amides is 1. The molecule has 5 heteroatoms. The molecular formula is C13H19N3O2. The Bertz CT molecular complexity index is 428. The SMILES string of the molecule is COCC1(C(=O)Nc2cc(C)ccn2)CCNC1. The van der Waals surface area contributed by atoms with Crippen LogP contribution in [0.15, 0.2) is 18.3 Å². The zero-order chi connectivity index (χ0) is 13.0. The Morgan fingerprint density at radius 1 is 1.67 bits per heavy atom. The Balaban J connectivity index is 2.10. The maximum atomic E-state index is 12.4. The van der Waals surface area contributed by atoms with Gasteiger partial charge in [0.1, 0.15) is 5.82 Å². The van der Waals surface area contributed by atoms with Gasteiger partial charge in [0, 0.05) is 19.9 Å². The molecule has 1 fully saturated rings. The van der Waals surface area contributed by atoms with Crippen molar-refractivity contribution in [2.75, 3.05) is 32.1 Å². The van der Waals surface area contributed by atoms with Crippen LogP contribution in [0.2, 0.25) is 0 Å². The van der Waals surface area contributed by atoms with E-state index in [1.54, 1.807) is 13.3 Å². The van der Waals surface area contributed by atoms with E-state index in [0.29, 0.717) is 19.0 Å². The summed E-state index contributed by atoms with van der Waals surface area (Å²) in [6, 6.07) is 3.76. The number of nitrogens with zero attached hydrogens (tertiary/aromatic N) is 1. The van der Waals surface area contributed by atoms with Gasteiger partial charge in [0.05, 0.1) is 12.0 Å². The molecule has 98 valence electrons. The lowest BCUT2D eigenvalue weighted by Gasteiger charge is -2.25. The molecule has 1 atom stereocenters. The molecule has 2 heterocycles. The van der Waals surface area contributed by atoms with E-state index in [4.69, 9.17) is 4.74 Å². The number of anilines is 1. The van der Waals surface area contributed by atoms with Gasteiger partial charge in [0.2, 0.25) is 5.91 Å². The highest BCUT2D eigenvalue weighted by Crippen LogP contribution is 2.27. The van der Waals surface area contributed by atoms with Gasteiger partial charge in [-0.15, -0.1) is 0 Å². The van der Waals surface area contributed by atoms with Gasteiger partial charge in [-0.05, 0) is 37.6 Å². The number of hydrogen-bond acceptors (Lipinski definition) is 4. The molecule has 2 N–H and O–H groups in total.